The predicted octanol–water partition coefficient (Wildman–Crippen LogP) is 2.65. The maximum atomic E-state index is 11.6. The molecule has 1 rings (SSSR count). The normalized spacial score (nSPS) is 12.8. The molecule has 1 aromatic heterocycles. The Kier molecular flexibility index (Phi) is 5.81. The van der Waals surface area contributed by atoms with Crippen molar-refractivity contribution in [3.8, 4) is 0 Å². The number of carbonyl (C=O) groups excluding carboxylic acids is 1. The topological polar surface area (TPSA) is 103 Å². The van der Waals surface area contributed by atoms with Crippen LogP contribution in [0.15, 0.2) is 12.3 Å². The molecule has 0 saturated heterocycles. The third-order valence-corrected chi connectivity index (χ3v) is 3.15. The Balaban J connectivity index is 2.56. The molecule has 0 radical (unpaired) electrons. The molecular formula is C15H26N4O2. The van der Waals surface area contributed by atoms with E-state index in [9.17, 15) is 4.79 Å². The van der Waals surface area contributed by atoms with Gasteiger partial charge in [0.05, 0.1) is 5.69 Å². The van der Waals surface area contributed by atoms with Crippen LogP contribution < -0.4 is 16.8 Å². The fourth-order valence-corrected chi connectivity index (χ4v) is 2.10. The van der Waals surface area contributed by atoms with Crippen molar-refractivity contribution < 1.29 is 9.53 Å². The van der Waals surface area contributed by atoms with Crippen molar-refractivity contribution in [1.82, 2.24) is 10.3 Å². The van der Waals surface area contributed by atoms with E-state index in [1.54, 1.807) is 6.20 Å². The van der Waals surface area contributed by atoms with Gasteiger partial charge in [0.25, 0.3) is 0 Å². The van der Waals surface area contributed by atoms with Gasteiger partial charge in [-0.15, -0.1) is 0 Å². The molecule has 5 N–H and O–H groups in total. The summed E-state index contributed by atoms with van der Waals surface area (Å²) in [5.41, 5.74) is 12.7. The molecule has 1 aromatic rings. The Bertz CT molecular complexity index is 483. The fourth-order valence-electron chi connectivity index (χ4n) is 2.10. The third-order valence-electron chi connectivity index (χ3n) is 3.15. The summed E-state index contributed by atoms with van der Waals surface area (Å²) in [6, 6.07) is 1.88. The van der Waals surface area contributed by atoms with E-state index in [4.69, 9.17) is 16.2 Å². The maximum Gasteiger partial charge on any atom is 0.407 e. The summed E-state index contributed by atoms with van der Waals surface area (Å²) >= 11 is 0. The van der Waals surface area contributed by atoms with E-state index in [0.29, 0.717) is 18.1 Å². The average Bonchev–Trinajstić information content (AvgIpc) is 2.36. The number of nitrogens with two attached hydrogens (primary N) is 2. The van der Waals surface area contributed by atoms with Crippen LogP contribution in [-0.2, 0) is 4.74 Å². The van der Waals surface area contributed by atoms with Gasteiger partial charge in [-0.1, -0.05) is 6.92 Å². The van der Waals surface area contributed by atoms with E-state index in [-0.39, 0.29) is 5.92 Å². The van der Waals surface area contributed by atoms with Gasteiger partial charge in [0.15, 0.2) is 0 Å². The molecule has 118 valence electrons. The van der Waals surface area contributed by atoms with Crippen LogP contribution >= 0.6 is 0 Å². The number of hydrogen-bond donors (Lipinski definition) is 3. The molecule has 0 aliphatic carbocycles. The van der Waals surface area contributed by atoms with Crippen molar-refractivity contribution in [3.05, 3.63) is 17.8 Å². The molecule has 0 saturated carbocycles. The summed E-state index contributed by atoms with van der Waals surface area (Å²) in [6.07, 6.45) is 2.93. The number of aromatic nitrogens is 1. The number of pyridine rings is 1. The number of ether oxygens (including phenoxy) is 1. The Morgan fingerprint density at radius 3 is 2.67 bits per heavy atom. The van der Waals surface area contributed by atoms with Gasteiger partial charge in [0.2, 0.25) is 0 Å². The van der Waals surface area contributed by atoms with Gasteiger partial charge in [-0.3, -0.25) is 0 Å². The minimum absolute atomic E-state index is 0.227. The van der Waals surface area contributed by atoms with Crippen LogP contribution in [0.1, 0.15) is 52.0 Å². The molecule has 0 aliphatic heterocycles. The SMILES string of the molecule is CCC(CCNC(=O)OC(C)(C)C)c1ccnc(N)c1N. The van der Waals surface area contributed by atoms with Crippen LogP contribution in [-0.4, -0.2) is 23.2 Å². The monoisotopic (exact) mass is 294 g/mol. The minimum atomic E-state index is -0.488. The van der Waals surface area contributed by atoms with Crippen LogP contribution in [0.2, 0.25) is 0 Å². The van der Waals surface area contributed by atoms with E-state index in [1.807, 2.05) is 26.8 Å². The molecule has 1 amide bonds. The lowest BCUT2D eigenvalue weighted by Gasteiger charge is -2.21. The first-order valence-corrected chi connectivity index (χ1v) is 7.21. The highest BCUT2D eigenvalue weighted by Gasteiger charge is 2.17. The molecule has 0 aromatic carbocycles. The highest BCUT2D eigenvalue weighted by molar-refractivity contribution is 5.67. The van der Waals surface area contributed by atoms with Crippen molar-refractivity contribution in [2.24, 2.45) is 0 Å². The van der Waals surface area contributed by atoms with Crippen LogP contribution in [0.3, 0.4) is 0 Å². The zero-order valence-corrected chi connectivity index (χ0v) is 13.3. The van der Waals surface area contributed by atoms with Crippen LogP contribution in [0, 0.1) is 0 Å². The maximum absolute atomic E-state index is 11.6. The summed E-state index contributed by atoms with van der Waals surface area (Å²) in [4.78, 5) is 15.6. The second-order valence-electron chi connectivity index (χ2n) is 6.02. The van der Waals surface area contributed by atoms with Crippen molar-refractivity contribution in [1.29, 1.82) is 0 Å². The summed E-state index contributed by atoms with van der Waals surface area (Å²) < 4.78 is 5.20. The molecule has 0 aliphatic rings. The largest absolute Gasteiger partial charge is 0.444 e. The molecule has 21 heavy (non-hydrogen) atoms. The number of anilines is 2. The molecule has 0 spiro atoms. The van der Waals surface area contributed by atoms with Crippen molar-refractivity contribution in [3.63, 3.8) is 0 Å². The number of nitrogens with zero attached hydrogens (tertiary/aromatic N) is 1. The Morgan fingerprint density at radius 1 is 1.43 bits per heavy atom. The van der Waals surface area contributed by atoms with Crippen LogP contribution in [0.25, 0.3) is 0 Å². The molecule has 1 unspecified atom stereocenters. The molecule has 0 bridgehead atoms. The molecular weight excluding hydrogens is 268 g/mol. The van der Waals surface area contributed by atoms with Crippen LogP contribution in [0.4, 0.5) is 16.3 Å². The zero-order valence-electron chi connectivity index (χ0n) is 13.3. The first kappa shape index (κ1) is 17.1. The minimum Gasteiger partial charge on any atom is -0.444 e. The van der Waals surface area contributed by atoms with Crippen molar-refractivity contribution in [2.75, 3.05) is 18.0 Å². The Labute approximate surface area is 126 Å². The Hall–Kier alpha value is -1.98. The molecule has 6 heteroatoms. The van der Waals surface area contributed by atoms with Gasteiger partial charge < -0.3 is 21.5 Å². The summed E-state index contributed by atoms with van der Waals surface area (Å²) in [5, 5.41) is 2.76. The average molecular weight is 294 g/mol. The quantitative estimate of drug-likeness (QED) is 0.774. The third kappa shape index (κ3) is 5.49. The van der Waals surface area contributed by atoms with Crippen LogP contribution in [0.5, 0.6) is 0 Å². The Morgan fingerprint density at radius 2 is 2.10 bits per heavy atom. The second kappa shape index (κ2) is 7.15. The smallest absolute Gasteiger partial charge is 0.407 e. The number of rotatable bonds is 5. The first-order chi connectivity index (χ1) is 9.74. The summed E-state index contributed by atoms with van der Waals surface area (Å²) in [6.45, 7) is 8.11. The second-order valence-corrected chi connectivity index (χ2v) is 6.02. The molecule has 1 atom stereocenters. The van der Waals surface area contributed by atoms with E-state index < -0.39 is 11.7 Å². The van der Waals surface area contributed by atoms with Crippen molar-refractivity contribution >= 4 is 17.6 Å². The number of carbonyl (C=O) groups is 1. The zero-order chi connectivity index (χ0) is 16.0. The van der Waals surface area contributed by atoms with Gasteiger partial charge in [-0.2, -0.15) is 0 Å². The number of alkyl carbamates (subject to hydrolysis) is 1. The van der Waals surface area contributed by atoms with Gasteiger partial charge in [-0.25, -0.2) is 9.78 Å². The van der Waals surface area contributed by atoms with Gasteiger partial charge in [0, 0.05) is 12.7 Å². The lowest BCUT2D eigenvalue weighted by molar-refractivity contribution is 0.0526. The first-order valence-electron chi connectivity index (χ1n) is 7.21. The standard InChI is InChI=1S/C15H26N4O2/c1-5-10(11-7-9-18-13(17)12(11)16)6-8-19-14(20)21-15(2,3)4/h7,9-10H,5-6,8,16H2,1-4H3,(H2,17,18)(H,19,20). The number of amides is 1. The number of hydrogen-bond acceptors (Lipinski definition) is 5. The lowest BCUT2D eigenvalue weighted by atomic mass is 9.92. The van der Waals surface area contributed by atoms with Gasteiger partial charge in [-0.05, 0) is 51.2 Å². The molecule has 0 fully saturated rings. The summed E-state index contributed by atoms with van der Waals surface area (Å²) in [7, 11) is 0. The van der Waals surface area contributed by atoms with Gasteiger partial charge >= 0.3 is 6.09 Å². The molecule has 1 heterocycles. The number of nitrogens with one attached hydrogen (secondary N) is 1. The van der Waals surface area contributed by atoms with Gasteiger partial charge in [0.1, 0.15) is 11.4 Å². The van der Waals surface area contributed by atoms with E-state index in [2.05, 4.69) is 17.2 Å². The van der Waals surface area contributed by atoms with E-state index in [1.165, 1.54) is 0 Å². The highest BCUT2D eigenvalue weighted by atomic mass is 16.6. The van der Waals surface area contributed by atoms with E-state index in [0.717, 1.165) is 18.4 Å². The fraction of sp³-hybridized carbons (Fsp3) is 0.600. The lowest BCUT2D eigenvalue weighted by Crippen LogP contribution is -2.33. The van der Waals surface area contributed by atoms with Crippen molar-refractivity contribution in [2.45, 2.75) is 52.1 Å². The molecule has 6 nitrogen and oxygen atoms in total. The summed E-state index contributed by atoms with van der Waals surface area (Å²) in [5.74, 6) is 0.580. The predicted molar refractivity (Wildman–Crippen MR) is 84.9 cm³/mol. The van der Waals surface area contributed by atoms with E-state index >= 15 is 0 Å². The highest BCUT2D eigenvalue weighted by Crippen LogP contribution is 2.29. The number of nitrogen functional groups attached to an aromatic ring is 2.